The number of carbonyl (C=O) groups excluding carboxylic acids is 1. The largest absolute Gasteiger partial charge is 0.459 e. The molecule has 0 spiro atoms. The van der Waals surface area contributed by atoms with Gasteiger partial charge in [0.2, 0.25) is 0 Å². The van der Waals surface area contributed by atoms with Gasteiger partial charge >= 0.3 is 5.97 Å². The number of ether oxygens (including phenoxy) is 3. The van der Waals surface area contributed by atoms with Crippen LogP contribution in [0.2, 0.25) is 0 Å². The number of carbonyl (C=O) groups is 1. The molecule has 1 unspecified atom stereocenters. The fourth-order valence-electron chi connectivity index (χ4n) is 5.68. The van der Waals surface area contributed by atoms with Crippen LogP contribution in [0.1, 0.15) is 149 Å². The average Bonchev–Trinajstić information content (AvgIpc) is 2.99. The van der Waals surface area contributed by atoms with Crippen molar-refractivity contribution in [3.05, 3.63) is 42.0 Å². The monoisotopic (exact) mass is 648 g/mol. The Morgan fingerprint density at radius 2 is 1.56 bits per heavy atom. The van der Waals surface area contributed by atoms with Gasteiger partial charge in [-0.1, -0.05) is 94.6 Å². The first-order valence-electron chi connectivity index (χ1n) is 17.9. The summed E-state index contributed by atoms with van der Waals surface area (Å²) in [5.41, 5.74) is 0.271. The minimum Gasteiger partial charge on any atom is -0.459 e. The Balaban J connectivity index is 1.88. The predicted octanol–water partition coefficient (Wildman–Crippen LogP) is 9.51. The van der Waals surface area contributed by atoms with Crippen LogP contribution >= 0.6 is 0 Å². The van der Waals surface area contributed by atoms with Gasteiger partial charge in [-0.05, 0) is 91.2 Å². The maximum Gasteiger partial charge on any atom is 0.325 e. The van der Waals surface area contributed by atoms with E-state index in [9.17, 15) is 14.1 Å². The number of hydrogen-bond acceptors (Lipinski definition) is 6. The summed E-state index contributed by atoms with van der Waals surface area (Å²) in [5.74, 6) is -0.650. The Labute approximate surface area is 277 Å². The lowest BCUT2D eigenvalue weighted by Crippen LogP contribution is -2.44. The molecule has 0 radical (unpaired) electrons. The molecule has 0 aliphatic carbocycles. The highest BCUT2D eigenvalue weighted by Gasteiger charge is 2.38. The normalized spacial score (nSPS) is 18.5. The Morgan fingerprint density at radius 1 is 0.956 bits per heavy atom. The first kappa shape index (κ1) is 39.6. The van der Waals surface area contributed by atoms with Crippen molar-refractivity contribution < 1.29 is 28.3 Å². The summed E-state index contributed by atoms with van der Waals surface area (Å²) in [6.45, 7) is 10.2. The molecule has 1 aromatic rings. The zero-order valence-electron chi connectivity index (χ0n) is 29.1. The number of allylic oxidation sites excluding steroid dienone is 2. The number of benzene rings is 1. The molecule has 5 atom stereocenters. The number of esters is 1. The van der Waals surface area contributed by atoms with E-state index >= 15 is 0 Å². The molecular weight excluding hydrogens is 584 g/mol. The summed E-state index contributed by atoms with van der Waals surface area (Å²) in [7, 11) is -1.78. The van der Waals surface area contributed by atoms with Gasteiger partial charge in [0.05, 0.1) is 23.0 Å². The molecule has 1 aromatic carbocycles. The maximum absolute atomic E-state index is 13.7. The second kappa shape index (κ2) is 22.9. The summed E-state index contributed by atoms with van der Waals surface area (Å²) < 4.78 is 31.6. The zero-order chi connectivity index (χ0) is 32.9. The number of aliphatic hydroxyl groups excluding tert-OH is 1. The van der Waals surface area contributed by atoms with Crippen LogP contribution in [0.15, 0.2) is 41.3 Å². The lowest BCUT2D eigenvalue weighted by Gasteiger charge is -2.31. The molecule has 1 fully saturated rings. The third-order valence-corrected chi connectivity index (χ3v) is 9.95. The quantitative estimate of drug-likeness (QED) is 0.0723. The van der Waals surface area contributed by atoms with Crippen molar-refractivity contribution in [1.29, 1.82) is 0 Å². The molecule has 0 bridgehead atoms. The summed E-state index contributed by atoms with van der Waals surface area (Å²) in [6.07, 6.45) is 22.9. The molecule has 0 saturated carbocycles. The average molecular weight is 649 g/mol. The third-order valence-electron chi connectivity index (χ3n) is 8.25. The van der Waals surface area contributed by atoms with Gasteiger partial charge < -0.3 is 19.3 Å². The maximum atomic E-state index is 13.7. The van der Waals surface area contributed by atoms with Gasteiger partial charge in [0, 0.05) is 17.9 Å². The van der Waals surface area contributed by atoms with Crippen molar-refractivity contribution in [2.75, 3.05) is 6.61 Å². The zero-order valence-corrected chi connectivity index (χ0v) is 29.9. The first-order valence-corrected chi connectivity index (χ1v) is 19.1. The number of aryl methyl sites for hydroxylation is 1. The Morgan fingerprint density at radius 3 is 2.13 bits per heavy atom. The van der Waals surface area contributed by atoms with Crippen molar-refractivity contribution in [2.45, 2.75) is 184 Å². The summed E-state index contributed by atoms with van der Waals surface area (Å²) in [4.78, 5) is 13.8. The van der Waals surface area contributed by atoms with Gasteiger partial charge in [-0.2, -0.15) is 0 Å². The standard InChI is InChI=1S/C38H64O6S/c1-6-7-8-9-10-11-12-13-14-15-16-17-18-19-20-23-32(43-35-24-21-22-29-42-35)30-34(39)36(37(40)44-38(3,4)5)45(41)33-27-25-31(2)26-28-33/h13-14,25-28,32,34-36,39H,6-12,15-24,29-30H2,1-5H3/t32-,34+,35?,36+,45-/m1/s1. The molecule has 45 heavy (non-hydrogen) atoms. The fourth-order valence-corrected chi connectivity index (χ4v) is 6.99. The molecule has 1 heterocycles. The molecule has 0 amide bonds. The molecule has 6 nitrogen and oxygen atoms in total. The van der Waals surface area contributed by atoms with E-state index in [1.807, 2.05) is 19.1 Å². The molecule has 1 saturated heterocycles. The topological polar surface area (TPSA) is 82.1 Å². The molecule has 1 aliphatic heterocycles. The summed E-state index contributed by atoms with van der Waals surface area (Å²) >= 11 is 0. The molecule has 0 aromatic heterocycles. The summed E-state index contributed by atoms with van der Waals surface area (Å²) in [6, 6.07) is 7.24. The Kier molecular flexibility index (Phi) is 20.2. The van der Waals surface area contributed by atoms with Gasteiger partial charge in [-0.25, -0.2) is 0 Å². The van der Waals surface area contributed by atoms with E-state index in [0.29, 0.717) is 11.5 Å². The highest BCUT2D eigenvalue weighted by atomic mass is 32.2. The number of aliphatic hydroxyl groups is 1. The minimum absolute atomic E-state index is 0.199. The van der Waals surface area contributed by atoms with Crippen molar-refractivity contribution in [1.82, 2.24) is 0 Å². The lowest BCUT2D eigenvalue weighted by atomic mass is 10.0. The second-order valence-corrected chi connectivity index (χ2v) is 15.4. The van der Waals surface area contributed by atoms with Crippen LogP contribution in [0.25, 0.3) is 0 Å². The summed E-state index contributed by atoms with van der Waals surface area (Å²) in [5, 5.41) is 10.3. The number of rotatable bonds is 23. The lowest BCUT2D eigenvalue weighted by molar-refractivity contribution is -0.194. The highest BCUT2D eigenvalue weighted by Crippen LogP contribution is 2.26. The van der Waals surface area contributed by atoms with Crippen LogP contribution in [0.5, 0.6) is 0 Å². The number of unbranched alkanes of at least 4 members (excludes halogenated alkanes) is 11. The molecular formula is C38H64O6S. The van der Waals surface area contributed by atoms with E-state index in [-0.39, 0.29) is 18.8 Å². The van der Waals surface area contributed by atoms with Gasteiger partial charge in [-0.15, -0.1) is 0 Å². The van der Waals surface area contributed by atoms with Crippen LogP contribution in [-0.4, -0.2) is 51.2 Å². The SMILES string of the molecule is CCCCCCCCC=CCCCCCCC[C@H](C[C@H](O)[C@@H](C(=O)OC(C)(C)C)[S@](=O)c1ccc(C)cc1)OC1CCCCO1. The van der Waals surface area contributed by atoms with Crippen LogP contribution in [-0.2, 0) is 29.8 Å². The molecule has 1 aliphatic rings. The van der Waals surface area contributed by atoms with E-state index in [1.54, 1.807) is 32.9 Å². The number of hydrogen-bond donors (Lipinski definition) is 1. The Hall–Kier alpha value is -1.54. The van der Waals surface area contributed by atoms with E-state index < -0.39 is 33.7 Å². The van der Waals surface area contributed by atoms with Gasteiger partial charge in [0.15, 0.2) is 11.5 Å². The van der Waals surface area contributed by atoms with Gasteiger partial charge in [0.1, 0.15) is 5.60 Å². The second-order valence-electron chi connectivity index (χ2n) is 13.8. The van der Waals surface area contributed by atoms with Crippen LogP contribution < -0.4 is 0 Å². The van der Waals surface area contributed by atoms with Crippen LogP contribution in [0.4, 0.5) is 0 Å². The van der Waals surface area contributed by atoms with Gasteiger partial charge in [-0.3, -0.25) is 9.00 Å². The van der Waals surface area contributed by atoms with Gasteiger partial charge in [0.25, 0.3) is 0 Å². The van der Waals surface area contributed by atoms with Crippen molar-refractivity contribution in [2.24, 2.45) is 0 Å². The van der Waals surface area contributed by atoms with Crippen LogP contribution in [0, 0.1) is 6.92 Å². The van der Waals surface area contributed by atoms with Crippen molar-refractivity contribution >= 4 is 16.8 Å². The first-order chi connectivity index (χ1) is 21.6. The predicted molar refractivity (Wildman–Crippen MR) is 186 cm³/mol. The molecule has 258 valence electrons. The van der Waals surface area contributed by atoms with Crippen LogP contribution in [0.3, 0.4) is 0 Å². The minimum atomic E-state index is -1.78. The molecule has 1 N–H and O–H groups in total. The van der Waals surface area contributed by atoms with Crippen molar-refractivity contribution in [3.63, 3.8) is 0 Å². The van der Waals surface area contributed by atoms with Crippen molar-refractivity contribution in [3.8, 4) is 0 Å². The Bertz CT molecular complexity index is 963. The highest BCUT2D eigenvalue weighted by molar-refractivity contribution is 7.86. The van der Waals surface area contributed by atoms with E-state index in [4.69, 9.17) is 14.2 Å². The van der Waals surface area contributed by atoms with E-state index in [0.717, 1.165) is 50.5 Å². The third kappa shape index (κ3) is 17.8. The smallest absolute Gasteiger partial charge is 0.325 e. The van der Waals surface area contributed by atoms with E-state index in [2.05, 4.69) is 19.1 Å². The molecule has 7 heteroatoms. The molecule has 2 rings (SSSR count). The fraction of sp³-hybridized carbons (Fsp3) is 0.763. The van der Waals surface area contributed by atoms with E-state index in [1.165, 1.54) is 64.2 Å².